The lowest BCUT2D eigenvalue weighted by atomic mass is 9.94. The fourth-order valence-electron chi connectivity index (χ4n) is 4.48. The smallest absolute Gasteiger partial charge is 0.251 e. The van der Waals surface area contributed by atoms with Crippen LogP contribution in [0.25, 0.3) is 0 Å². The lowest BCUT2D eigenvalue weighted by Gasteiger charge is -2.37. The zero-order valence-electron chi connectivity index (χ0n) is 17.9. The second kappa shape index (κ2) is 11.0. The summed E-state index contributed by atoms with van der Waals surface area (Å²) in [5.41, 5.74) is 0. The van der Waals surface area contributed by atoms with Crippen molar-refractivity contribution in [3.63, 3.8) is 0 Å². The van der Waals surface area contributed by atoms with Gasteiger partial charge >= 0.3 is 0 Å². The summed E-state index contributed by atoms with van der Waals surface area (Å²) < 4.78 is 5.56. The van der Waals surface area contributed by atoms with Crippen LogP contribution in [0.4, 0.5) is 0 Å². The van der Waals surface area contributed by atoms with E-state index in [1.165, 1.54) is 38.9 Å². The molecule has 0 spiro atoms. The molecule has 0 aromatic carbocycles. The molecule has 0 aromatic rings. The largest absolute Gasteiger partial charge is 0.368 e. The molecular formula is C21H39N5O2. The van der Waals surface area contributed by atoms with Gasteiger partial charge in [0.1, 0.15) is 6.10 Å². The van der Waals surface area contributed by atoms with E-state index in [1.807, 2.05) is 4.90 Å². The first-order chi connectivity index (χ1) is 13.7. The molecule has 1 amide bonds. The standard InChI is InChI=1S/C21H39N5O2/c1-3-22-21(23-10-7-18-8-11-24(4-2)12-9-18)26-15-13-25(14-16-26)20(27)19-6-5-17-28-19/h18-19H,3-17H2,1-2H3,(H,22,23). The Kier molecular flexibility index (Phi) is 8.40. The molecule has 1 N–H and O–H groups in total. The van der Waals surface area contributed by atoms with E-state index >= 15 is 0 Å². The molecule has 3 fully saturated rings. The van der Waals surface area contributed by atoms with Gasteiger partial charge in [0.05, 0.1) is 0 Å². The van der Waals surface area contributed by atoms with Crippen LogP contribution in [-0.4, -0.2) is 98.2 Å². The number of rotatable bonds is 6. The summed E-state index contributed by atoms with van der Waals surface area (Å²) in [7, 11) is 0. The SMILES string of the molecule is CCNC(=NCCC1CCN(CC)CC1)N1CCN(C(=O)C2CCCO2)CC1. The number of piperazine rings is 1. The number of nitrogens with one attached hydrogen (secondary N) is 1. The molecule has 160 valence electrons. The maximum Gasteiger partial charge on any atom is 0.251 e. The van der Waals surface area contributed by atoms with Crippen LogP contribution >= 0.6 is 0 Å². The third-order valence-electron chi connectivity index (χ3n) is 6.38. The number of aliphatic imine (C=N–C) groups is 1. The molecule has 0 saturated carbocycles. The van der Waals surface area contributed by atoms with Gasteiger partial charge in [0, 0.05) is 45.9 Å². The molecule has 28 heavy (non-hydrogen) atoms. The number of piperidine rings is 1. The monoisotopic (exact) mass is 393 g/mol. The maximum atomic E-state index is 12.5. The third-order valence-corrected chi connectivity index (χ3v) is 6.38. The Morgan fingerprint density at radius 2 is 1.75 bits per heavy atom. The molecule has 3 aliphatic heterocycles. The van der Waals surface area contributed by atoms with E-state index in [2.05, 4.69) is 29.0 Å². The van der Waals surface area contributed by atoms with Gasteiger partial charge in [0.2, 0.25) is 0 Å². The first kappa shape index (κ1) is 21.4. The molecule has 3 aliphatic rings. The predicted octanol–water partition coefficient (Wildman–Crippen LogP) is 1.40. The Morgan fingerprint density at radius 1 is 1.04 bits per heavy atom. The van der Waals surface area contributed by atoms with Crippen molar-refractivity contribution in [1.29, 1.82) is 0 Å². The number of hydrogen-bond donors (Lipinski definition) is 1. The molecule has 1 unspecified atom stereocenters. The van der Waals surface area contributed by atoms with Crippen molar-refractivity contribution in [2.45, 2.75) is 52.1 Å². The fraction of sp³-hybridized carbons (Fsp3) is 0.905. The van der Waals surface area contributed by atoms with Crippen LogP contribution in [0.1, 0.15) is 46.0 Å². The highest BCUT2D eigenvalue weighted by atomic mass is 16.5. The normalized spacial score (nSPS) is 25.4. The number of amides is 1. The van der Waals surface area contributed by atoms with E-state index in [0.717, 1.165) is 70.6 Å². The number of carbonyl (C=O) groups excluding carboxylic acids is 1. The topological polar surface area (TPSA) is 60.4 Å². The Labute approximate surface area is 170 Å². The lowest BCUT2D eigenvalue weighted by Crippen LogP contribution is -2.55. The highest BCUT2D eigenvalue weighted by molar-refractivity contribution is 5.82. The number of nitrogens with zero attached hydrogens (tertiary/aromatic N) is 4. The molecular weight excluding hydrogens is 354 g/mol. The summed E-state index contributed by atoms with van der Waals surface area (Å²) in [6, 6.07) is 0. The summed E-state index contributed by atoms with van der Waals surface area (Å²) in [4.78, 5) is 24.3. The van der Waals surface area contributed by atoms with Crippen molar-refractivity contribution in [2.75, 3.05) is 65.5 Å². The Bertz CT molecular complexity index is 505. The van der Waals surface area contributed by atoms with Crippen LogP contribution in [0, 0.1) is 5.92 Å². The van der Waals surface area contributed by atoms with Gasteiger partial charge in [-0.15, -0.1) is 0 Å². The van der Waals surface area contributed by atoms with Crippen molar-refractivity contribution in [3.05, 3.63) is 0 Å². The highest BCUT2D eigenvalue weighted by Gasteiger charge is 2.31. The lowest BCUT2D eigenvalue weighted by molar-refractivity contribution is -0.142. The summed E-state index contributed by atoms with van der Waals surface area (Å²) in [5.74, 6) is 2.01. The minimum absolute atomic E-state index is 0.178. The minimum atomic E-state index is -0.201. The highest BCUT2D eigenvalue weighted by Crippen LogP contribution is 2.20. The molecule has 0 bridgehead atoms. The van der Waals surface area contributed by atoms with E-state index in [4.69, 9.17) is 9.73 Å². The van der Waals surface area contributed by atoms with E-state index in [9.17, 15) is 4.79 Å². The molecule has 7 heteroatoms. The summed E-state index contributed by atoms with van der Waals surface area (Å²) >= 11 is 0. The van der Waals surface area contributed by atoms with Crippen LogP contribution in [0.2, 0.25) is 0 Å². The van der Waals surface area contributed by atoms with Crippen LogP contribution < -0.4 is 5.32 Å². The van der Waals surface area contributed by atoms with Gasteiger partial charge in [0.15, 0.2) is 5.96 Å². The fourth-order valence-corrected chi connectivity index (χ4v) is 4.48. The average molecular weight is 394 g/mol. The van der Waals surface area contributed by atoms with Gasteiger partial charge in [0.25, 0.3) is 5.91 Å². The van der Waals surface area contributed by atoms with Crippen molar-refractivity contribution >= 4 is 11.9 Å². The average Bonchev–Trinajstić information content (AvgIpc) is 3.28. The molecule has 3 saturated heterocycles. The van der Waals surface area contributed by atoms with Gasteiger partial charge in [-0.3, -0.25) is 9.79 Å². The summed E-state index contributed by atoms with van der Waals surface area (Å²) in [6.07, 6.45) is 5.48. The zero-order chi connectivity index (χ0) is 19.8. The number of ether oxygens (including phenoxy) is 1. The van der Waals surface area contributed by atoms with E-state index in [-0.39, 0.29) is 12.0 Å². The summed E-state index contributed by atoms with van der Waals surface area (Å²) in [6.45, 7) is 13.8. The molecule has 3 heterocycles. The van der Waals surface area contributed by atoms with Gasteiger partial charge in [-0.25, -0.2) is 0 Å². The molecule has 0 aromatic heterocycles. The van der Waals surface area contributed by atoms with Crippen LogP contribution in [0.15, 0.2) is 4.99 Å². The van der Waals surface area contributed by atoms with Crippen molar-refractivity contribution in [3.8, 4) is 0 Å². The van der Waals surface area contributed by atoms with Gasteiger partial charge in [-0.05, 0) is 64.6 Å². The second-order valence-electron chi connectivity index (χ2n) is 8.22. The van der Waals surface area contributed by atoms with Crippen LogP contribution in [0.3, 0.4) is 0 Å². The van der Waals surface area contributed by atoms with Crippen molar-refractivity contribution < 1.29 is 9.53 Å². The Hall–Kier alpha value is -1.34. The number of guanidine groups is 1. The minimum Gasteiger partial charge on any atom is -0.368 e. The quantitative estimate of drug-likeness (QED) is 0.546. The van der Waals surface area contributed by atoms with Crippen molar-refractivity contribution in [1.82, 2.24) is 20.0 Å². The number of hydrogen-bond acceptors (Lipinski definition) is 4. The van der Waals surface area contributed by atoms with Gasteiger partial charge < -0.3 is 24.8 Å². The first-order valence-electron chi connectivity index (χ1n) is 11.4. The second-order valence-corrected chi connectivity index (χ2v) is 8.22. The summed E-state index contributed by atoms with van der Waals surface area (Å²) in [5, 5.41) is 3.44. The Morgan fingerprint density at radius 3 is 2.36 bits per heavy atom. The van der Waals surface area contributed by atoms with E-state index in [0.29, 0.717) is 0 Å². The van der Waals surface area contributed by atoms with Crippen LogP contribution in [-0.2, 0) is 9.53 Å². The third kappa shape index (κ3) is 5.83. The zero-order valence-corrected chi connectivity index (χ0v) is 17.9. The maximum absolute atomic E-state index is 12.5. The molecule has 3 rings (SSSR count). The predicted molar refractivity (Wildman–Crippen MR) is 113 cm³/mol. The Balaban J connectivity index is 1.43. The van der Waals surface area contributed by atoms with E-state index in [1.54, 1.807) is 0 Å². The first-order valence-corrected chi connectivity index (χ1v) is 11.4. The van der Waals surface area contributed by atoms with Gasteiger partial charge in [-0.2, -0.15) is 0 Å². The van der Waals surface area contributed by atoms with Crippen molar-refractivity contribution in [2.24, 2.45) is 10.9 Å². The van der Waals surface area contributed by atoms with E-state index < -0.39 is 0 Å². The molecule has 1 atom stereocenters. The number of carbonyl (C=O) groups is 1. The van der Waals surface area contributed by atoms with Gasteiger partial charge in [-0.1, -0.05) is 6.92 Å². The number of likely N-dealkylation sites (tertiary alicyclic amines) is 1. The van der Waals surface area contributed by atoms with Crippen LogP contribution in [0.5, 0.6) is 0 Å². The molecule has 0 radical (unpaired) electrons. The molecule has 7 nitrogen and oxygen atoms in total. The molecule has 0 aliphatic carbocycles.